The molecule has 4 nitrogen and oxygen atoms in total. The SMILES string of the molecule is CCOC(=O)C(=Cc1cc(Cl)c(Cl)cc1C1SCCS1)C(=O)OCC. The van der Waals surface area contributed by atoms with Crippen molar-refractivity contribution in [1.29, 1.82) is 0 Å². The zero-order valence-corrected chi connectivity index (χ0v) is 17.0. The summed E-state index contributed by atoms with van der Waals surface area (Å²) in [6.45, 7) is 3.68. The van der Waals surface area contributed by atoms with E-state index in [1.54, 1.807) is 49.5 Å². The predicted molar refractivity (Wildman–Crippen MR) is 105 cm³/mol. The summed E-state index contributed by atoms with van der Waals surface area (Å²) in [5.41, 5.74) is 1.43. The van der Waals surface area contributed by atoms with Crippen molar-refractivity contribution in [3.8, 4) is 0 Å². The Morgan fingerprint density at radius 2 is 1.60 bits per heavy atom. The smallest absolute Gasteiger partial charge is 0.345 e. The second kappa shape index (κ2) is 9.76. The van der Waals surface area contributed by atoms with Crippen LogP contribution in [-0.4, -0.2) is 36.7 Å². The van der Waals surface area contributed by atoms with Crippen molar-refractivity contribution in [2.24, 2.45) is 0 Å². The largest absolute Gasteiger partial charge is 0.462 e. The van der Waals surface area contributed by atoms with Crippen LogP contribution in [0.15, 0.2) is 17.7 Å². The lowest BCUT2D eigenvalue weighted by Crippen LogP contribution is -2.18. The third kappa shape index (κ3) is 5.33. The van der Waals surface area contributed by atoms with Gasteiger partial charge in [-0.3, -0.25) is 0 Å². The number of carbonyl (C=O) groups is 2. The molecule has 8 heteroatoms. The molecule has 0 amide bonds. The maximum Gasteiger partial charge on any atom is 0.345 e. The molecule has 0 saturated carbocycles. The molecule has 0 unspecified atom stereocenters. The molecule has 2 rings (SSSR count). The quantitative estimate of drug-likeness (QED) is 0.280. The minimum absolute atomic E-state index is 0.156. The van der Waals surface area contributed by atoms with Crippen molar-refractivity contribution < 1.29 is 19.1 Å². The molecular formula is C17H18Cl2O4S2. The molecule has 1 fully saturated rings. The van der Waals surface area contributed by atoms with Crippen LogP contribution in [0.4, 0.5) is 0 Å². The molecule has 1 aliphatic rings. The summed E-state index contributed by atoms with van der Waals surface area (Å²) in [7, 11) is 0. The van der Waals surface area contributed by atoms with E-state index in [9.17, 15) is 9.59 Å². The Kier molecular flexibility index (Phi) is 8.00. The number of carbonyl (C=O) groups excluding carboxylic acids is 2. The number of rotatable bonds is 6. The van der Waals surface area contributed by atoms with Crippen molar-refractivity contribution in [1.82, 2.24) is 0 Å². The molecule has 0 bridgehead atoms. The zero-order chi connectivity index (χ0) is 18.4. The van der Waals surface area contributed by atoms with Gasteiger partial charge in [0.2, 0.25) is 0 Å². The van der Waals surface area contributed by atoms with E-state index in [0.29, 0.717) is 15.6 Å². The second-order valence-electron chi connectivity index (χ2n) is 4.97. The molecule has 25 heavy (non-hydrogen) atoms. The molecule has 1 aromatic carbocycles. The standard InChI is InChI=1S/C17H18Cl2O4S2/c1-3-22-15(20)12(16(21)23-4-2)7-10-8-13(18)14(19)9-11(10)17-24-5-6-25-17/h7-9,17H,3-6H2,1-2H3. The Hall–Kier alpha value is -0.820. The van der Waals surface area contributed by atoms with Gasteiger partial charge in [-0.1, -0.05) is 23.2 Å². The van der Waals surface area contributed by atoms with Gasteiger partial charge in [-0.25, -0.2) is 9.59 Å². The van der Waals surface area contributed by atoms with Gasteiger partial charge in [-0.15, -0.1) is 23.5 Å². The van der Waals surface area contributed by atoms with Gasteiger partial charge in [0.25, 0.3) is 0 Å². The zero-order valence-electron chi connectivity index (χ0n) is 13.8. The molecule has 0 radical (unpaired) electrons. The van der Waals surface area contributed by atoms with E-state index in [1.165, 1.54) is 6.08 Å². The molecule has 136 valence electrons. The summed E-state index contributed by atoms with van der Waals surface area (Å²) in [4.78, 5) is 24.4. The van der Waals surface area contributed by atoms with Crippen LogP contribution in [0.2, 0.25) is 10.0 Å². The Labute approximate surface area is 165 Å². The summed E-state index contributed by atoms with van der Waals surface area (Å²) in [5, 5.41) is 0.799. The van der Waals surface area contributed by atoms with Crippen LogP contribution in [0.5, 0.6) is 0 Å². The van der Waals surface area contributed by atoms with Crippen LogP contribution in [0.1, 0.15) is 29.6 Å². The van der Waals surface area contributed by atoms with Gasteiger partial charge in [0.1, 0.15) is 5.57 Å². The third-order valence-electron chi connectivity index (χ3n) is 3.29. The third-order valence-corrected chi connectivity index (χ3v) is 7.08. The average molecular weight is 421 g/mol. The van der Waals surface area contributed by atoms with Crippen molar-refractivity contribution in [3.63, 3.8) is 0 Å². The number of halogens is 2. The van der Waals surface area contributed by atoms with E-state index < -0.39 is 11.9 Å². The summed E-state index contributed by atoms with van der Waals surface area (Å²) in [5.74, 6) is 0.622. The van der Waals surface area contributed by atoms with Crippen molar-refractivity contribution >= 4 is 64.7 Å². The first-order chi connectivity index (χ1) is 12.0. The number of esters is 2. The molecule has 1 aromatic rings. The van der Waals surface area contributed by atoms with Gasteiger partial charge >= 0.3 is 11.9 Å². The first-order valence-electron chi connectivity index (χ1n) is 7.76. The van der Waals surface area contributed by atoms with Gasteiger partial charge in [-0.05, 0) is 43.2 Å². The summed E-state index contributed by atoms with van der Waals surface area (Å²) in [6, 6.07) is 3.46. The van der Waals surface area contributed by atoms with E-state index >= 15 is 0 Å². The molecule has 0 aromatic heterocycles. The number of hydrogen-bond donors (Lipinski definition) is 0. The van der Waals surface area contributed by atoms with Crippen molar-refractivity contribution in [3.05, 3.63) is 38.9 Å². The lowest BCUT2D eigenvalue weighted by atomic mass is 10.1. The molecule has 1 heterocycles. The molecule has 0 aliphatic carbocycles. The first kappa shape index (κ1) is 20.5. The molecule has 0 N–H and O–H groups in total. The van der Waals surface area contributed by atoms with E-state index in [4.69, 9.17) is 32.7 Å². The highest BCUT2D eigenvalue weighted by molar-refractivity contribution is 8.19. The summed E-state index contributed by atoms with van der Waals surface area (Å²) < 4.78 is 10.1. The maximum atomic E-state index is 12.2. The highest BCUT2D eigenvalue weighted by Gasteiger charge is 2.25. The van der Waals surface area contributed by atoms with Gasteiger partial charge in [0.05, 0.1) is 27.8 Å². The minimum Gasteiger partial charge on any atom is -0.462 e. The second-order valence-corrected chi connectivity index (χ2v) is 8.51. The fraction of sp³-hybridized carbons (Fsp3) is 0.412. The van der Waals surface area contributed by atoms with Gasteiger partial charge in [-0.2, -0.15) is 0 Å². The van der Waals surface area contributed by atoms with E-state index in [0.717, 1.165) is 17.1 Å². The maximum absolute atomic E-state index is 12.2. The number of ether oxygens (including phenoxy) is 2. The van der Waals surface area contributed by atoms with Gasteiger partial charge in [0, 0.05) is 11.5 Å². The predicted octanol–water partition coefficient (Wildman–Crippen LogP) is 4.98. The van der Waals surface area contributed by atoms with Crippen LogP contribution < -0.4 is 0 Å². The Bertz CT molecular complexity index is 665. The van der Waals surface area contributed by atoms with Crippen LogP contribution in [0.3, 0.4) is 0 Å². The highest BCUT2D eigenvalue weighted by atomic mass is 35.5. The van der Waals surface area contributed by atoms with Crippen molar-refractivity contribution in [2.75, 3.05) is 24.7 Å². The normalized spacial score (nSPS) is 14.2. The topological polar surface area (TPSA) is 52.6 Å². The summed E-state index contributed by atoms with van der Waals surface area (Å²) >= 11 is 15.9. The fourth-order valence-corrected chi connectivity index (χ4v) is 5.49. The monoisotopic (exact) mass is 420 g/mol. The Morgan fingerprint density at radius 3 is 2.12 bits per heavy atom. The van der Waals surface area contributed by atoms with Crippen LogP contribution in [-0.2, 0) is 19.1 Å². The number of benzene rings is 1. The average Bonchev–Trinajstić information content (AvgIpc) is 3.10. The molecule has 1 saturated heterocycles. The van der Waals surface area contributed by atoms with E-state index in [-0.39, 0.29) is 23.4 Å². The Morgan fingerprint density at radius 1 is 1.08 bits per heavy atom. The van der Waals surface area contributed by atoms with Crippen LogP contribution in [0, 0.1) is 0 Å². The summed E-state index contributed by atoms with van der Waals surface area (Å²) in [6.07, 6.45) is 1.48. The molecule has 0 spiro atoms. The van der Waals surface area contributed by atoms with E-state index in [1.807, 2.05) is 0 Å². The minimum atomic E-state index is -0.718. The lowest BCUT2D eigenvalue weighted by Gasteiger charge is -2.15. The number of thioether (sulfide) groups is 2. The molecule has 1 aliphatic heterocycles. The fourth-order valence-electron chi connectivity index (χ4n) is 2.22. The lowest BCUT2D eigenvalue weighted by molar-refractivity contribution is -0.146. The molecular weight excluding hydrogens is 403 g/mol. The van der Waals surface area contributed by atoms with Crippen LogP contribution >= 0.6 is 46.7 Å². The molecule has 0 atom stereocenters. The first-order valence-corrected chi connectivity index (χ1v) is 10.6. The van der Waals surface area contributed by atoms with Gasteiger partial charge < -0.3 is 9.47 Å². The van der Waals surface area contributed by atoms with Crippen molar-refractivity contribution in [2.45, 2.75) is 18.4 Å². The van der Waals surface area contributed by atoms with Crippen LogP contribution in [0.25, 0.3) is 6.08 Å². The Balaban J connectivity index is 2.51. The van der Waals surface area contributed by atoms with Gasteiger partial charge in [0.15, 0.2) is 0 Å². The number of hydrogen-bond acceptors (Lipinski definition) is 6. The highest BCUT2D eigenvalue weighted by Crippen LogP contribution is 2.48. The van der Waals surface area contributed by atoms with E-state index in [2.05, 4.69) is 0 Å².